The Hall–Kier alpha value is -0.249. The van der Waals surface area contributed by atoms with Gasteiger partial charge in [-0.15, -0.1) is 55.1 Å². The van der Waals surface area contributed by atoms with E-state index < -0.39 is 0 Å². The number of fused-ring (bicyclic) bond motifs is 1. The number of H-pyrrole nitrogens is 1. The fourth-order valence-corrected chi connectivity index (χ4v) is 1.27. The maximum atomic E-state index is 2.99. The monoisotopic (exact) mass is 374 g/mol. The molecule has 0 amide bonds. The number of aromatic amines is 1. The van der Waals surface area contributed by atoms with Crippen molar-refractivity contribution in [3.8, 4) is 0 Å². The molecule has 0 saturated heterocycles. The first-order valence-corrected chi connectivity index (χ1v) is 7.71. The Bertz CT molecular complexity index is 444. The molecule has 0 fully saturated rings. The Balaban J connectivity index is -0.0000000639. The number of benzene rings is 1. The molecular formula is C16H22Cl2NSiTi-5. The van der Waals surface area contributed by atoms with Crippen LogP contribution >= 0.6 is 24.8 Å². The van der Waals surface area contributed by atoms with Crippen LogP contribution in [0.25, 0.3) is 10.9 Å². The molecule has 0 unspecified atom stereocenters. The topological polar surface area (TPSA) is 15.8 Å². The summed E-state index contributed by atoms with van der Waals surface area (Å²) < 4.78 is 0. The summed E-state index contributed by atoms with van der Waals surface area (Å²) in [5.41, 5.74) is 1.15. The number of aromatic nitrogens is 1. The Labute approximate surface area is 156 Å². The fraction of sp³-hybridized carbons (Fsp3) is 0.0625. The summed E-state index contributed by atoms with van der Waals surface area (Å²) in [6.07, 6.45) is 12.9. The molecule has 0 atom stereocenters. The molecule has 0 saturated carbocycles. The van der Waals surface area contributed by atoms with Crippen LogP contribution in [0.2, 0.25) is 0 Å². The zero-order chi connectivity index (χ0) is 11.6. The summed E-state index contributed by atoms with van der Waals surface area (Å²) in [5, 5.41) is 1.22. The van der Waals surface area contributed by atoms with Crippen molar-refractivity contribution in [1.82, 2.24) is 4.98 Å². The molecule has 21 heavy (non-hydrogen) atoms. The van der Waals surface area contributed by atoms with Gasteiger partial charge >= 0.3 is 26.8 Å². The van der Waals surface area contributed by atoms with Crippen molar-refractivity contribution in [2.75, 3.05) is 0 Å². The van der Waals surface area contributed by atoms with Gasteiger partial charge in [0.1, 0.15) is 0 Å². The molecule has 1 N–H and O–H groups in total. The largest absolute Gasteiger partial charge is 0.477 e. The zero-order valence-electron chi connectivity index (χ0n) is 12.6. The summed E-state index contributed by atoms with van der Waals surface area (Å²) in [6, 6.07) is 10.1. The molecule has 1 aromatic heterocycles. The Morgan fingerprint density at radius 3 is 2.10 bits per heavy atom. The van der Waals surface area contributed by atoms with Crippen molar-refractivity contribution in [1.29, 1.82) is 0 Å². The van der Waals surface area contributed by atoms with Crippen molar-refractivity contribution in [3.05, 3.63) is 83.1 Å². The summed E-state index contributed by atoms with van der Waals surface area (Å²) in [7, 11) is 2.97. The first kappa shape index (κ1) is 32.6. The average molecular weight is 375 g/mol. The minimum atomic E-state index is 0. The van der Waals surface area contributed by atoms with E-state index in [1.165, 1.54) is 5.39 Å². The van der Waals surface area contributed by atoms with Gasteiger partial charge in [-0.2, -0.15) is 17.5 Å². The quantitative estimate of drug-likeness (QED) is 0.488. The predicted molar refractivity (Wildman–Crippen MR) is 98.2 cm³/mol. The predicted octanol–water partition coefficient (Wildman–Crippen LogP) is 5.08. The maximum absolute atomic E-state index is 2.99. The molecule has 2 aromatic rings. The smallest absolute Gasteiger partial charge is 0.0745 e. The van der Waals surface area contributed by atoms with Gasteiger partial charge in [0.15, 0.2) is 0 Å². The van der Waals surface area contributed by atoms with Gasteiger partial charge in [-0.25, -0.2) is 12.2 Å². The molecule has 1 aliphatic carbocycles. The van der Waals surface area contributed by atoms with Crippen LogP contribution in [0.15, 0.2) is 48.6 Å². The molecule has 5 heteroatoms. The van der Waals surface area contributed by atoms with Gasteiger partial charge < -0.3 is 27.3 Å². The Morgan fingerprint density at radius 1 is 1.05 bits per heavy atom. The average Bonchev–Trinajstić information content (AvgIpc) is 3.06. The molecule has 1 aromatic carbocycles. The Kier molecular flexibility index (Phi) is 34.2. The van der Waals surface area contributed by atoms with Crippen LogP contribution in [0.1, 0.15) is 6.42 Å². The van der Waals surface area contributed by atoms with Gasteiger partial charge in [0.05, 0.1) is 0 Å². The maximum Gasteiger partial charge on any atom is -0.0745 e. The molecule has 2 radical (unpaired) electrons. The van der Waals surface area contributed by atoms with E-state index in [0.29, 0.717) is 0 Å². The van der Waals surface area contributed by atoms with E-state index in [9.17, 15) is 0 Å². The van der Waals surface area contributed by atoms with E-state index in [4.69, 9.17) is 0 Å². The summed E-state index contributed by atoms with van der Waals surface area (Å²) >= 11 is 1.81. The molecule has 0 spiro atoms. The molecule has 1 aliphatic rings. The van der Waals surface area contributed by atoms with Gasteiger partial charge in [-0.3, -0.25) is 6.08 Å². The number of halogens is 2. The number of hydrogen-bond donors (Lipinski definition) is 1. The van der Waals surface area contributed by atoms with Crippen LogP contribution in [0, 0.1) is 34.6 Å². The molecular weight excluding hydrogens is 353 g/mol. The molecule has 1 nitrogen and oxygen atoms in total. The standard InChI is InChI=1S/C8H6N.C5H5.3CH3.2ClH.Si.Ti/c1-2-4-8-7(3-1)5-6-9-8;1-2-4-5-3-1;;;;;;;/h1-5,9H;1-3H,4H2;3*1H3;2*1H;;/q5*-1;;;;. The van der Waals surface area contributed by atoms with E-state index in [1.54, 1.807) is 19.2 Å². The van der Waals surface area contributed by atoms with Gasteiger partial charge in [0.25, 0.3) is 0 Å². The second-order valence-electron chi connectivity index (χ2n) is 3.00. The van der Waals surface area contributed by atoms with Crippen LogP contribution in [-0.2, 0) is 19.2 Å². The number of allylic oxidation sites excluding steroid dienone is 4. The van der Waals surface area contributed by atoms with Crippen LogP contribution in [0.3, 0.4) is 0 Å². The van der Waals surface area contributed by atoms with Crippen molar-refractivity contribution in [2.24, 2.45) is 0 Å². The second kappa shape index (κ2) is 22.0. The minimum Gasteiger partial charge on any atom is -0.477 e. The van der Waals surface area contributed by atoms with Crippen molar-refractivity contribution < 1.29 is 19.2 Å². The summed E-state index contributed by atoms with van der Waals surface area (Å²) in [4.78, 5) is 2.99. The number of rotatable bonds is 0. The molecule has 118 valence electrons. The molecule has 1 heterocycles. The first-order chi connectivity index (χ1) is 7.97. The van der Waals surface area contributed by atoms with E-state index >= 15 is 0 Å². The van der Waals surface area contributed by atoms with E-state index in [1.807, 2.05) is 36.4 Å². The van der Waals surface area contributed by atoms with Crippen LogP contribution in [0.5, 0.6) is 0 Å². The summed E-state index contributed by atoms with van der Waals surface area (Å²) in [5.74, 6) is 0. The van der Waals surface area contributed by atoms with Crippen molar-refractivity contribution >= 4 is 43.3 Å². The molecule has 0 bridgehead atoms. The number of para-hydroxylation sites is 1. The van der Waals surface area contributed by atoms with Crippen LogP contribution in [-0.4, -0.2) is 12.6 Å². The normalized spacial score (nSPS) is 8.71. The fourth-order valence-electron chi connectivity index (χ4n) is 1.27. The SMILES string of the molecule is Cl.Cl.[C-]1=CC=CC1.[CH3-].[CH3-].[CH3-].[Si]=[Ti].[c-]1cc2ccccc2[nH]1. The Morgan fingerprint density at radius 2 is 1.67 bits per heavy atom. The zero-order valence-corrected chi connectivity index (χ0v) is 16.8. The van der Waals surface area contributed by atoms with Crippen LogP contribution < -0.4 is 0 Å². The van der Waals surface area contributed by atoms with Gasteiger partial charge in [0, 0.05) is 0 Å². The first-order valence-electron chi connectivity index (χ1n) is 4.87. The van der Waals surface area contributed by atoms with E-state index in [2.05, 4.69) is 37.0 Å². The number of nitrogens with one attached hydrogen (secondary N) is 1. The third-order valence-electron chi connectivity index (χ3n) is 1.98. The van der Waals surface area contributed by atoms with Gasteiger partial charge in [-0.1, -0.05) is 12.1 Å². The van der Waals surface area contributed by atoms with Crippen LogP contribution in [0.4, 0.5) is 0 Å². The van der Waals surface area contributed by atoms with Crippen molar-refractivity contribution in [2.45, 2.75) is 6.42 Å². The van der Waals surface area contributed by atoms with E-state index in [0.717, 1.165) is 11.9 Å². The minimum absolute atomic E-state index is 0. The van der Waals surface area contributed by atoms with E-state index in [-0.39, 0.29) is 47.1 Å². The second-order valence-corrected chi connectivity index (χ2v) is 3.00. The summed E-state index contributed by atoms with van der Waals surface area (Å²) in [6.45, 7) is 0. The van der Waals surface area contributed by atoms with Crippen molar-refractivity contribution in [3.63, 3.8) is 0 Å². The van der Waals surface area contributed by atoms with Gasteiger partial charge in [0.2, 0.25) is 0 Å². The van der Waals surface area contributed by atoms with Gasteiger partial charge in [-0.05, 0) is 0 Å². The molecule has 3 rings (SSSR count). The third kappa shape index (κ3) is 13.2. The third-order valence-corrected chi connectivity index (χ3v) is 1.98. The number of hydrogen-bond acceptors (Lipinski definition) is 0. The molecule has 0 aliphatic heterocycles.